The number of carbonyl (C=O) groups excluding carboxylic acids is 2. The van der Waals surface area contributed by atoms with E-state index in [9.17, 15) is 19.2 Å². The van der Waals surface area contributed by atoms with Gasteiger partial charge >= 0.3 is 0 Å². The van der Waals surface area contributed by atoms with Gasteiger partial charge in [0, 0.05) is 17.7 Å². The lowest BCUT2D eigenvalue weighted by atomic mass is 9.76. The van der Waals surface area contributed by atoms with Crippen molar-refractivity contribution in [3.05, 3.63) is 61.7 Å². The Morgan fingerprint density at radius 1 is 1.32 bits per heavy atom. The van der Waals surface area contributed by atoms with Gasteiger partial charge in [-0.05, 0) is 53.4 Å². The summed E-state index contributed by atoms with van der Waals surface area (Å²) in [6.07, 6.45) is 1.50. The number of benzene rings is 1. The van der Waals surface area contributed by atoms with Gasteiger partial charge in [-0.25, -0.2) is 4.39 Å². The molecule has 3 heterocycles. The van der Waals surface area contributed by atoms with E-state index in [0.717, 1.165) is 5.01 Å². The van der Waals surface area contributed by atoms with Crippen molar-refractivity contribution in [3.8, 4) is 6.07 Å². The molecule has 1 atom stereocenters. The van der Waals surface area contributed by atoms with Crippen molar-refractivity contribution in [1.82, 2.24) is 20.4 Å². The summed E-state index contributed by atoms with van der Waals surface area (Å²) in [5.41, 5.74) is 8.41. The molecule has 3 aromatic rings. The van der Waals surface area contributed by atoms with E-state index in [-0.39, 0.29) is 33.3 Å². The molecular formula is C23H18BrFN8O2S3. The number of nitrogens with one attached hydrogen (secondary N) is 1. The fourth-order valence-corrected chi connectivity index (χ4v) is 7.00. The molecule has 1 unspecified atom stereocenters. The average molecular weight is 634 g/mol. The lowest BCUT2D eigenvalue weighted by Crippen LogP contribution is -2.38. The number of rotatable bonds is 6. The number of hydrogen-bond acceptors (Lipinski definition) is 12. The van der Waals surface area contributed by atoms with Crippen LogP contribution in [0.3, 0.4) is 0 Å². The second kappa shape index (κ2) is 10.9. The summed E-state index contributed by atoms with van der Waals surface area (Å²) < 4.78 is 14.7. The maximum absolute atomic E-state index is 14.0. The van der Waals surface area contributed by atoms with Crippen LogP contribution in [-0.2, 0) is 9.59 Å². The Morgan fingerprint density at radius 3 is 2.84 bits per heavy atom. The number of Topliss-reactive ketones (excluding diaryl/α,β-unsaturated/α-hetero) is 1. The number of amides is 1. The van der Waals surface area contributed by atoms with E-state index in [1.807, 2.05) is 0 Å². The lowest BCUT2D eigenvalue weighted by molar-refractivity contribution is -0.116. The van der Waals surface area contributed by atoms with Gasteiger partial charge in [-0.2, -0.15) is 5.26 Å². The Hall–Kier alpha value is -3.19. The number of nitrogens with zero attached hydrogens (tertiary/aromatic N) is 6. The first-order chi connectivity index (χ1) is 18.3. The highest BCUT2D eigenvalue weighted by Crippen LogP contribution is 2.47. The van der Waals surface area contributed by atoms with Gasteiger partial charge in [0.1, 0.15) is 16.6 Å². The van der Waals surface area contributed by atoms with Crippen LogP contribution in [0.2, 0.25) is 0 Å². The Labute approximate surface area is 237 Å². The van der Waals surface area contributed by atoms with Gasteiger partial charge in [-0.3, -0.25) is 19.8 Å². The van der Waals surface area contributed by atoms with Gasteiger partial charge in [0.25, 0.3) is 0 Å². The van der Waals surface area contributed by atoms with Gasteiger partial charge in [0.15, 0.2) is 10.1 Å². The van der Waals surface area contributed by atoms with Crippen LogP contribution in [0.4, 0.5) is 14.7 Å². The summed E-state index contributed by atoms with van der Waals surface area (Å²) >= 11 is 6.87. The molecule has 0 radical (unpaired) electrons. The van der Waals surface area contributed by atoms with Gasteiger partial charge in [0.05, 0.1) is 27.8 Å². The third-order valence-electron chi connectivity index (χ3n) is 5.88. The molecule has 194 valence electrons. The predicted octanol–water partition coefficient (Wildman–Crippen LogP) is 4.64. The van der Waals surface area contributed by atoms with E-state index in [1.165, 1.54) is 40.5 Å². The Kier molecular flexibility index (Phi) is 7.57. The molecule has 0 spiro atoms. The molecule has 38 heavy (non-hydrogen) atoms. The summed E-state index contributed by atoms with van der Waals surface area (Å²) in [4.78, 5) is 27.1. The number of ketones is 1. The van der Waals surface area contributed by atoms with Gasteiger partial charge in [-0.15, -0.1) is 20.4 Å². The molecule has 1 aromatic carbocycles. The molecular weight excluding hydrogens is 615 g/mol. The molecule has 2 aromatic heterocycles. The van der Waals surface area contributed by atoms with E-state index in [0.29, 0.717) is 50.7 Å². The normalized spacial score (nSPS) is 17.5. The lowest BCUT2D eigenvalue weighted by Gasteiger charge is -2.38. The predicted molar refractivity (Wildman–Crippen MR) is 146 cm³/mol. The summed E-state index contributed by atoms with van der Waals surface area (Å²) in [5.74, 6) is -1.30. The molecule has 0 saturated carbocycles. The van der Waals surface area contributed by atoms with Gasteiger partial charge < -0.3 is 5.73 Å². The van der Waals surface area contributed by atoms with Crippen molar-refractivity contribution in [2.45, 2.75) is 36.4 Å². The van der Waals surface area contributed by atoms with Crippen LogP contribution in [0.5, 0.6) is 0 Å². The zero-order valence-corrected chi connectivity index (χ0v) is 23.7. The summed E-state index contributed by atoms with van der Waals surface area (Å²) in [6, 6.07) is 6.59. The SMILES string of the molecule is Cc1nnc(NC(=O)CSc2nnc(N3C(N)=C(C#N)C(c4ccc(F)c(Br)c4)C4=C3CCCC4=O)s2)s1. The highest BCUT2D eigenvalue weighted by Gasteiger charge is 2.41. The fraction of sp³-hybridized carbons (Fsp3) is 0.261. The van der Waals surface area contributed by atoms with E-state index in [1.54, 1.807) is 24.0 Å². The first-order valence-corrected chi connectivity index (χ1v) is 14.6. The number of allylic oxidation sites excluding steroid dienone is 3. The third-order valence-corrected chi connectivity index (χ3v) is 9.28. The maximum Gasteiger partial charge on any atom is 0.236 e. The summed E-state index contributed by atoms with van der Waals surface area (Å²) in [5, 5.41) is 30.5. The van der Waals surface area contributed by atoms with Gasteiger partial charge in [-0.1, -0.05) is 40.5 Å². The number of anilines is 2. The van der Waals surface area contributed by atoms with Crippen molar-refractivity contribution in [3.63, 3.8) is 0 Å². The van der Waals surface area contributed by atoms with Crippen LogP contribution in [0.15, 0.2) is 49.7 Å². The molecule has 2 aliphatic rings. The monoisotopic (exact) mass is 632 g/mol. The Morgan fingerprint density at radius 2 is 2.13 bits per heavy atom. The molecule has 1 aliphatic carbocycles. The molecule has 3 N–H and O–H groups in total. The van der Waals surface area contributed by atoms with E-state index in [4.69, 9.17) is 5.73 Å². The number of hydrogen-bond donors (Lipinski definition) is 2. The smallest absolute Gasteiger partial charge is 0.236 e. The van der Waals surface area contributed by atoms with Crippen molar-refractivity contribution in [2.24, 2.45) is 5.73 Å². The van der Waals surface area contributed by atoms with Crippen molar-refractivity contribution < 1.29 is 14.0 Å². The van der Waals surface area contributed by atoms with Crippen molar-refractivity contribution in [2.75, 3.05) is 16.0 Å². The van der Waals surface area contributed by atoms with E-state index in [2.05, 4.69) is 47.7 Å². The van der Waals surface area contributed by atoms with Crippen molar-refractivity contribution in [1.29, 1.82) is 5.26 Å². The summed E-state index contributed by atoms with van der Waals surface area (Å²) in [7, 11) is 0. The number of halogens is 2. The topological polar surface area (TPSA) is 151 Å². The van der Waals surface area contributed by atoms with E-state index >= 15 is 0 Å². The summed E-state index contributed by atoms with van der Waals surface area (Å²) in [6.45, 7) is 1.80. The van der Waals surface area contributed by atoms with Crippen LogP contribution < -0.4 is 16.0 Å². The molecule has 0 bridgehead atoms. The third kappa shape index (κ3) is 5.08. The minimum atomic E-state index is -0.717. The number of nitriles is 1. The standard InChI is InChI=1S/C23H18BrFN8O2S3/c1-10-29-30-21(37-10)28-17(35)9-36-23-32-31-22(38-23)33-15-3-2-4-16(34)19(15)18(12(8-26)20(33)27)11-5-6-14(25)13(24)7-11/h5-7,18H,2-4,9,27H2,1H3,(H,28,30,35). The molecule has 10 nitrogen and oxygen atoms in total. The van der Waals surface area contributed by atoms with Crippen LogP contribution in [-0.4, -0.2) is 37.8 Å². The second-order valence-electron chi connectivity index (χ2n) is 8.30. The number of aryl methyl sites for hydroxylation is 1. The first-order valence-electron chi connectivity index (χ1n) is 11.2. The van der Waals surface area contributed by atoms with Gasteiger partial charge in [0.2, 0.25) is 16.2 Å². The number of nitrogens with two attached hydrogens (primary N) is 1. The first kappa shape index (κ1) is 26.4. The number of carbonyl (C=O) groups is 2. The van der Waals surface area contributed by atoms with E-state index < -0.39 is 11.7 Å². The number of aromatic nitrogens is 4. The number of thioether (sulfide) groups is 1. The largest absolute Gasteiger partial charge is 0.384 e. The molecule has 15 heteroatoms. The van der Waals surface area contributed by atoms with Crippen LogP contribution in [0, 0.1) is 24.1 Å². The molecule has 1 aliphatic heterocycles. The highest BCUT2D eigenvalue weighted by atomic mass is 79.9. The quantitative estimate of drug-likeness (QED) is 0.368. The molecule has 5 rings (SSSR count). The molecule has 0 saturated heterocycles. The minimum absolute atomic E-state index is 0.0793. The average Bonchev–Trinajstić information content (AvgIpc) is 3.52. The Bertz CT molecular complexity index is 1560. The second-order valence-corrected chi connectivity index (χ2v) is 12.5. The van der Waals surface area contributed by atoms with Crippen LogP contribution >= 0.6 is 50.4 Å². The zero-order valence-electron chi connectivity index (χ0n) is 19.7. The minimum Gasteiger partial charge on any atom is -0.384 e. The zero-order chi connectivity index (χ0) is 27.0. The van der Waals surface area contributed by atoms with Crippen LogP contribution in [0.1, 0.15) is 35.8 Å². The fourth-order valence-electron chi connectivity index (χ4n) is 4.31. The van der Waals surface area contributed by atoms with Crippen molar-refractivity contribution >= 4 is 72.3 Å². The highest BCUT2D eigenvalue weighted by molar-refractivity contribution is 9.10. The van der Waals surface area contributed by atoms with Crippen LogP contribution in [0.25, 0.3) is 0 Å². The Balaban J connectivity index is 1.45. The molecule has 0 fully saturated rings. The molecule has 1 amide bonds. The maximum atomic E-state index is 14.0.